The summed E-state index contributed by atoms with van der Waals surface area (Å²) in [6, 6.07) is 8.40. The quantitative estimate of drug-likeness (QED) is 0.456. The minimum atomic E-state index is 0.840. The number of nitrogens with one attached hydrogen (secondary N) is 2. The van der Waals surface area contributed by atoms with E-state index in [1.807, 2.05) is 47.9 Å². The number of aromatic nitrogens is 8. The number of H-pyrrole nitrogens is 2. The third kappa shape index (κ3) is 2.76. The van der Waals surface area contributed by atoms with Crippen LogP contribution in [0.1, 0.15) is 11.3 Å². The number of pyridine rings is 1. The molecule has 0 amide bonds. The van der Waals surface area contributed by atoms with E-state index >= 15 is 0 Å². The van der Waals surface area contributed by atoms with Crippen molar-refractivity contribution in [3.63, 3.8) is 0 Å². The van der Waals surface area contributed by atoms with Crippen molar-refractivity contribution >= 4 is 21.8 Å². The monoisotopic (exact) mass is 408 g/mol. The summed E-state index contributed by atoms with van der Waals surface area (Å²) in [5, 5.41) is 14.2. The minimum Gasteiger partial charge on any atom is -0.353 e. The molecule has 0 spiro atoms. The zero-order valence-electron chi connectivity index (χ0n) is 17.4. The Morgan fingerprint density at radius 3 is 2.65 bits per heavy atom. The maximum atomic E-state index is 4.63. The van der Waals surface area contributed by atoms with Crippen molar-refractivity contribution in [3.05, 3.63) is 66.6 Å². The first kappa shape index (κ1) is 17.6. The first-order valence-corrected chi connectivity index (χ1v) is 10.0. The van der Waals surface area contributed by atoms with Crippen molar-refractivity contribution in [2.75, 3.05) is 0 Å². The third-order valence-corrected chi connectivity index (χ3v) is 5.66. The molecule has 8 nitrogen and oxygen atoms in total. The lowest BCUT2D eigenvalue weighted by Crippen LogP contribution is -1.94. The van der Waals surface area contributed by atoms with Gasteiger partial charge in [-0.05, 0) is 49.2 Å². The number of rotatable bonds is 3. The van der Waals surface area contributed by atoms with Gasteiger partial charge in [-0.1, -0.05) is 0 Å². The highest BCUT2D eigenvalue weighted by Gasteiger charge is 2.16. The Kier molecular flexibility index (Phi) is 3.64. The van der Waals surface area contributed by atoms with Crippen LogP contribution in [0.3, 0.4) is 0 Å². The molecule has 5 heterocycles. The molecule has 8 heteroatoms. The Bertz CT molecular complexity index is 1580. The molecule has 2 N–H and O–H groups in total. The van der Waals surface area contributed by atoms with E-state index in [9.17, 15) is 0 Å². The molecule has 0 aliphatic rings. The van der Waals surface area contributed by atoms with Gasteiger partial charge >= 0.3 is 0 Å². The number of aryl methyl sites for hydroxylation is 3. The Hall–Kier alpha value is -4.20. The van der Waals surface area contributed by atoms with Gasteiger partial charge in [0.05, 0.1) is 28.6 Å². The van der Waals surface area contributed by atoms with Gasteiger partial charge in [0.2, 0.25) is 0 Å². The summed E-state index contributed by atoms with van der Waals surface area (Å²) in [6.45, 7) is 4.08. The number of hydrogen-bond donors (Lipinski definition) is 2. The van der Waals surface area contributed by atoms with Crippen molar-refractivity contribution in [3.8, 4) is 28.3 Å². The van der Waals surface area contributed by atoms with Crippen LogP contribution in [0.25, 0.3) is 50.1 Å². The van der Waals surface area contributed by atoms with E-state index in [-0.39, 0.29) is 0 Å². The lowest BCUT2D eigenvalue weighted by atomic mass is 10.00. The largest absolute Gasteiger partial charge is 0.353 e. The Balaban J connectivity index is 1.54. The van der Waals surface area contributed by atoms with E-state index < -0.39 is 0 Å². The van der Waals surface area contributed by atoms with Gasteiger partial charge in [0.25, 0.3) is 0 Å². The van der Waals surface area contributed by atoms with Gasteiger partial charge in [-0.25, -0.2) is 9.97 Å². The van der Waals surface area contributed by atoms with Gasteiger partial charge in [-0.2, -0.15) is 10.2 Å². The molecule has 152 valence electrons. The molecule has 5 aromatic heterocycles. The van der Waals surface area contributed by atoms with Crippen LogP contribution in [-0.2, 0) is 7.05 Å². The van der Waals surface area contributed by atoms with Crippen molar-refractivity contribution in [2.24, 2.45) is 7.05 Å². The second-order valence-corrected chi connectivity index (χ2v) is 7.89. The van der Waals surface area contributed by atoms with Gasteiger partial charge in [0.15, 0.2) is 0 Å². The molecule has 0 saturated carbocycles. The number of fused-ring (bicyclic) bond motifs is 2. The molecule has 0 atom stereocenters. The van der Waals surface area contributed by atoms with Crippen LogP contribution in [0.2, 0.25) is 0 Å². The van der Waals surface area contributed by atoms with Crippen LogP contribution >= 0.6 is 0 Å². The fraction of sp³-hybridized carbons (Fsp3) is 0.130. The summed E-state index contributed by atoms with van der Waals surface area (Å²) < 4.78 is 3.76. The van der Waals surface area contributed by atoms with E-state index in [0.717, 1.165) is 55.8 Å². The molecular formula is C23H20N8. The second-order valence-electron chi connectivity index (χ2n) is 7.89. The highest BCUT2D eigenvalue weighted by Crippen LogP contribution is 2.34. The predicted molar refractivity (Wildman–Crippen MR) is 120 cm³/mol. The van der Waals surface area contributed by atoms with Gasteiger partial charge in [-0.3, -0.25) is 14.3 Å². The molecule has 0 unspecified atom stereocenters. The van der Waals surface area contributed by atoms with Gasteiger partial charge < -0.3 is 4.98 Å². The predicted octanol–water partition coefficient (Wildman–Crippen LogP) is 4.31. The van der Waals surface area contributed by atoms with E-state index in [4.69, 9.17) is 0 Å². The molecule has 0 bridgehead atoms. The molecule has 6 aromatic rings. The fourth-order valence-electron chi connectivity index (χ4n) is 4.16. The Morgan fingerprint density at radius 1 is 0.968 bits per heavy atom. The molecule has 6 rings (SSSR count). The summed E-state index contributed by atoms with van der Waals surface area (Å²) in [4.78, 5) is 12.4. The van der Waals surface area contributed by atoms with E-state index in [2.05, 4.69) is 55.4 Å². The van der Waals surface area contributed by atoms with Crippen LogP contribution in [0, 0.1) is 13.8 Å². The molecule has 0 aliphatic carbocycles. The fourth-order valence-corrected chi connectivity index (χ4v) is 4.16. The Morgan fingerprint density at radius 2 is 1.87 bits per heavy atom. The summed E-state index contributed by atoms with van der Waals surface area (Å²) in [5.41, 5.74) is 8.19. The zero-order chi connectivity index (χ0) is 21.1. The van der Waals surface area contributed by atoms with Crippen LogP contribution in [-0.4, -0.2) is 39.5 Å². The van der Waals surface area contributed by atoms with E-state index in [1.54, 1.807) is 12.5 Å². The second kappa shape index (κ2) is 6.40. The molecule has 0 radical (unpaired) electrons. The van der Waals surface area contributed by atoms with E-state index in [1.165, 1.54) is 5.56 Å². The highest BCUT2D eigenvalue weighted by molar-refractivity contribution is 5.99. The molecular weight excluding hydrogens is 388 g/mol. The smallest absolute Gasteiger partial charge is 0.147 e. The maximum Gasteiger partial charge on any atom is 0.147 e. The van der Waals surface area contributed by atoms with Crippen LogP contribution in [0.5, 0.6) is 0 Å². The summed E-state index contributed by atoms with van der Waals surface area (Å²) >= 11 is 0. The van der Waals surface area contributed by atoms with Gasteiger partial charge in [-0.15, -0.1) is 0 Å². The maximum absolute atomic E-state index is 4.63. The van der Waals surface area contributed by atoms with Crippen molar-refractivity contribution in [1.29, 1.82) is 0 Å². The highest BCUT2D eigenvalue weighted by atomic mass is 15.2. The first-order valence-electron chi connectivity index (χ1n) is 10.0. The van der Waals surface area contributed by atoms with Crippen molar-refractivity contribution < 1.29 is 0 Å². The van der Waals surface area contributed by atoms with Crippen LogP contribution < -0.4 is 0 Å². The first-order chi connectivity index (χ1) is 15.1. The number of benzene rings is 1. The summed E-state index contributed by atoms with van der Waals surface area (Å²) in [7, 11) is 1.93. The van der Waals surface area contributed by atoms with Gasteiger partial charge in [0.1, 0.15) is 17.8 Å². The SMILES string of the molecule is Cc1cn(-c2nccc3[nH]c(-c4n[nH]c5cc(C)c(-c6cnn(C)c6)cc45)cc23)cn1. The number of imidazole rings is 1. The van der Waals surface area contributed by atoms with Crippen LogP contribution in [0.15, 0.2) is 55.4 Å². The molecule has 1 aromatic carbocycles. The van der Waals surface area contributed by atoms with Gasteiger partial charge in [0, 0.05) is 42.0 Å². The summed E-state index contributed by atoms with van der Waals surface area (Å²) in [6.07, 6.45) is 9.49. The average molecular weight is 408 g/mol. The lowest BCUT2D eigenvalue weighted by Gasteiger charge is -2.04. The van der Waals surface area contributed by atoms with Crippen molar-refractivity contribution in [2.45, 2.75) is 13.8 Å². The molecule has 0 saturated heterocycles. The number of nitrogens with zero attached hydrogens (tertiary/aromatic N) is 6. The molecule has 0 aliphatic heterocycles. The minimum absolute atomic E-state index is 0.840. The average Bonchev–Trinajstić information content (AvgIpc) is 3.52. The number of hydrogen-bond acceptors (Lipinski definition) is 4. The van der Waals surface area contributed by atoms with E-state index in [0.29, 0.717) is 0 Å². The normalized spacial score (nSPS) is 11.7. The molecule has 0 fully saturated rings. The topological polar surface area (TPSA) is 93.0 Å². The standard InChI is InChI=1S/C23H20N8/c1-13-6-20-17(7-16(13)15-9-26-30(3)11-15)22(29-28-20)21-8-18-19(27-21)4-5-24-23(18)31-10-14(2)25-12-31/h4-12,27H,1-3H3,(H,28,29). The zero-order valence-corrected chi connectivity index (χ0v) is 17.4. The van der Waals surface area contributed by atoms with Crippen LogP contribution in [0.4, 0.5) is 0 Å². The lowest BCUT2D eigenvalue weighted by molar-refractivity contribution is 0.768. The third-order valence-electron chi connectivity index (χ3n) is 5.66. The van der Waals surface area contributed by atoms with Crippen molar-refractivity contribution in [1.82, 2.24) is 39.5 Å². The Labute approximate surface area is 177 Å². The summed E-state index contributed by atoms with van der Waals surface area (Å²) in [5.74, 6) is 0.840. The number of aromatic amines is 2. The molecule has 31 heavy (non-hydrogen) atoms.